The fourth-order valence-electron chi connectivity index (χ4n) is 1.44. The largest absolute Gasteiger partial charge is 0.481 e. The van der Waals surface area contributed by atoms with E-state index in [1.54, 1.807) is 14.0 Å². The highest BCUT2D eigenvalue weighted by atomic mass is 79.9. The van der Waals surface area contributed by atoms with Crippen molar-refractivity contribution in [2.24, 2.45) is 0 Å². The molecule has 0 bridgehead atoms. The maximum absolute atomic E-state index is 11.3. The van der Waals surface area contributed by atoms with Crippen molar-refractivity contribution in [3.63, 3.8) is 0 Å². The van der Waals surface area contributed by atoms with Crippen LogP contribution in [0.4, 0.5) is 0 Å². The molecular formula is C12H16BrNO2. The van der Waals surface area contributed by atoms with Crippen molar-refractivity contribution >= 4 is 21.8 Å². The number of aryl methyl sites for hydroxylation is 2. The van der Waals surface area contributed by atoms with Crippen LogP contribution >= 0.6 is 15.9 Å². The molecule has 0 aliphatic carbocycles. The number of halogens is 1. The van der Waals surface area contributed by atoms with E-state index < -0.39 is 6.10 Å². The van der Waals surface area contributed by atoms with Gasteiger partial charge in [-0.25, -0.2) is 0 Å². The molecule has 0 saturated heterocycles. The van der Waals surface area contributed by atoms with E-state index in [0.717, 1.165) is 15.6 Å². The molecule has 1 unspecified atom stereocenters. The molecule has 3 nitrogen and oxygen atoms in total. The van der Waals surface area contributed by atoms with Crippen LogP contribution in [0, 0.1) is 13.8 Å². The Morgan fingerprint density at radius 3 is 2.31 bits per heavy atom. The van der Waals surface area contributed by atoms with Crippen LogP contribution in [0.1, 0.15) is 18.1 Å². The van der Waals surface area contributed by atoms with Gasteiger partial charge < -0.3 is 10.1 Å². The molecule has 16 heavy (non-hydrogen) atoms. The van der Waals surface area contributed by atoms with E-state index in [1.165, 1.54) is 0 Å². The number of hydrogen-bond acceptors (Lipinski definition) is 2. The van der Waals surface area contributed by atoms with Gasteiger partial charge >= 0.3 is 0 Å². The summed E-state index contributed by atoms with van der Waals surface area (Å²) < 4.78 is 6.63. The maximum atomic E-state index is 11.3. The Bertz CT molecular complexity index is 381. The minimum Gasteiger partial charge on any atom is -0.481 e. The van der Waals surface area contributed by atoms with Crippen molar-refractivity contribution in [3.8, 4) is 5.75 Å². The quantitative estimate of drug-likeness (QED) is 0.927. The lowest BCUT2D eigenvalue weighted by Crippen LogP contribution is -2.33. The lowest BCUT2D eigenvalue weighted by atomic mass is 10.1. The molecule has 1 atom stereocenters. The summed E-state index contributed by atoms with van der Waals surface area (Å²) in [6.07, 6.45) is -0.482. The Hall–Kier alpha value is -1.03. The molecule has 1 aromatic rings. The number of amides is 1. The van der Waals surface area contributed by atoms with Crippen molar-refractivity contribution < 1.29 is 9.53 Å². The van der Waals surface area contributed by atoms with Gasteiger partial charge in [-0.1, -0.05) is 15.9 Å². The van der Waals surface area contributed by atoms with Crippen LogP contribution in [0.15, 0.2) is 16.6 Å². The first-order chi connectivity index (χ1) is 7.45. The summed E-state index contributed by atoms with van der Waals surface area (Å²) in [6, 6.07) is 3.83. The zero-order chi connectivity index (χ0) is 12.3. The predicted octanol–water partition coefficient (Wildman–Crippen LogP) is 2.58. The van der Waals surface area contributed by atoms with E-state index in [0.29, 0.717) is 5.75 Å². The van der Waals surface area contributed by atoms with E-state index in [2.05, 4.69) is 21.2 Å². The molecule has 4 heteroatoms. The van der Waals surface area contributed by atoms with Gasteiger partial charge in [0.1, 0.15) is 5.75 Å². The van der Waals surface area contributed by atoms with Crippen LogP contribution < -0.4 is 10.1 Å². The van der Waals surface area contributed by atoms with Crippen molar-refractivity contribution in [2.75, 3.05) is 7.05 Å². The van der Waals surface area contributed by atoms with E-state index >= 15 is 0 Å². The normalized spacial score (nSPS) is 12.1. The molecule has 0 aliphatic rings. The summed E-state index contributed by atoms with van der Waals surface area (Å²) in [5, 5.41) is 2.55. The van der Waals surface area contributed by atoms with Crippen LogP contribution in [-0.2, 0) is 4.79 Å². The van der Waals surface area contributed by atoms with Crippen LogP contribution in [0.5, 0.6) is 5.75 Å². The molecule has 0 heterocycles. The van der Waals surface area contributed by atoms with Crippen molar-refractivity contribution in [2.45, 2.75) is 26.9 Å². The summed E-state index contributed by atoms with van der Waals surface area (Å²) in [4.78, 5) is 11.3. The van der Waals surface area contributed by atoms with Gasteiger partial charge in [-0.05, 0) is 44.0 Å². The van der Waals surface area contributed by atoms with Crippen LogP contribution in [0.2, 0.25) is 0 Å². The third-order valence-electron chi connectivity index (χ3n) is 2.34. The number of nitrogens with one attached hydrogen (secondary N) is 1. The molecule has 0 radical (unpaired) electrons. The molecule has 1 N–H and O–H groups in total. The zero-order valence-corrected chi connectivity index (χ0v) is 11.5. The smallest absolute Gasteiger partial charge is 0.260 e. The standard InChI is InChI=1S/C12H16BrNO2/c1-7-5-10(6-8(2)11(7)13)16-9(3)12(15)14-4/h5-6,9H,1-4H3,(H,14,15). The van der Waals surface area contributed by atoms with E-state index in [-0.39, 0.29) is 5.91 Å². The highest BCUT2D eigenvalue weighted by Gasteiger charge is 2.13. The van der Waals surface area contributed by atoms with Gasteiger partial charge in [0.15, 0.2) is 6.10 Å². The Kier molecular flexibility index (Phi) is 4.35. The zero-order valence-electron chi connectivity index (χ0n) is 9.93. The van der Waals surface area contributed by atoms with E-state index in [9.17, 15) is 4.79 Å². The molecule has 1 amide bonds. The van der Waals surface area contributed by atoms with Gasteiger partial charge in [0, 0.05) is 11.5 Å². The number of likely N-dealkylation sites (N-methyl/N-ethyl adjacent to an activating group) is 1. The number of hydrogen-bond donors (Lipinski definition) is 1. The molecule has 1 rings (SSSR count). The second-order valence-corrected chi connectivity index (χ2v) is 4.54. The fraction of sp³-hybridized carbons (Fsp3) is 0.417. The van der Waals surface area contributed by atoms with Crippen LogP contribution in [-0.4, -0.2) is 19.1 Å². The number of carbonyl (C=O) groups excluding carboxylic acids is 1. The van der Waals surface area contributed by atoms with Gasteiger partial charge in [-0.15, -0.1) is 0 Å². The number of ether oxygens (including phenoxy) is 1. The number of carbonyl (C=O) groups is 1. The third kappa shape index (κ3) is 2.98. The first-order valence-electron chi connectivity index (χ1n) is 5.10. The van der Waals surface area contributed by atoms with Gasteiger partial charge in [-0.2, -0.15) is 0 Å². The average molecular weight is 286 g/mol. The minimum atomic E-state index is -0.482. The molecule has 0 saturated carbocycles. The van der Waals surface area contributed by atoms with Gasteiger partial charge in [0.05, 0.1) is 0 Å². The average Bonchev–Trinajstić information content (AvgIpc) is 2.24. The lowest BCUT2D eigenvalue weighted by Gasteiger charge is -2.15. The van der Waals surface area contributed by atoms with E-state index in [4.69, 9.17) is 4.74 Å². The van der Waals surface area contributed by atoms with Crippen molar-refractivity contribution in [3.05, 3.63) is 27.7 Å². The van der Waals surface area contributed by atoms with Crippen LogP contribution in [0.3, 0.4) is 0 Å². The molecule has 0 spiro atoms. The predicted molar refractivity (Wildman–Crippen MR) is 67.8 cm³/mol. The Morgan fingerprint density at radius 1 is 1.38 bits per heavy atom. The summed E-state index contributed by atoms with van der Waals surface area (Å²) in [7, 11) is 1.60. The molecule has 0 aliphatic heterocycles. The van der Waals surface area contributed by atoms with E-state index in [1.807, 2.05) is 26.0 Å². The highest BCUT2D eigenvalue weighted by Crippen LogP contribution is 2.26. The topological polar surface area (TPSA) is 38.3 Å². The molecular weight excluding hydrogens is 270 g/mol. The molecule has 1 aromatic carbocycles. The minimum absolute atomic E-state index is 0.127. The Morgan fingerprint density at radius 2 is 1.88 bits per heavy atom. The number of benzene rings is 1. The van der Waals surface area contributed by atoms with Crippen LogP contribution in [0.25, 0.3) is 0 Å². The highest BCUT2D eigenvalue weighted by molar-refractivity contribution is 9.10. The molecule has 88 valence electrons. The van der Waals surface area contributed by atoms with Gasteiger partial charge in [-0.3, -0.25) is 4.79 Å². The lowest BCUT2D eigenvalue weighted by molar-refractivity contribution is -0.126. The Labute approximate surface area is 104 Å². The monoisotopic (exact) mass is 285 g/mol. The van der Waals surface area contributed by atoms with Crippen molar-refractivity contribution in [1.82, 2.24) is 5.32 Å². The summed E-state index contributed by atoms with van der Waals surface area (Å²) in [5.74, 6) is 0.590. The first-order valence-corrected chi connectivity index (χ1v) is 5.90. The maximum Gasteiger partial charge on any atom is 0.260 e. The van der Waals surface area contributed by atoms with Gasteiger partial charge in [0.25, 0.3) is 5.91 Å². The SMILES string of the molecule is CNC(=O)C(C)Oc1cc(C)c(Br)c(C)c1. The number of rotatable bonds is 3. The Balaban J connectivity index is 2.86. The molecule has 0 aromatic heterocycles. The second kappa shape index (κ2) is 5.34. The van der Waals surface area contributed by atoms with Crippen molar-refractivity contribution in [1.29, 1.82) is 0 Å². The summed E-state index contributed by atoms with van der Waals surface area (Å²) >= 11 is 3.49. The summed E-state index contributed by atoms with van der Waals surface area (Å²) in [6.45, 7) is 5.72. The third-order valence-corrected chi connectivity index (χ3v) is 3.59. The second-order valence-electron chi connectivity index (χ2n) is 3.75. The summed E-state index contributed by atoms with van der Waals surface area (Å²) in [5.41, 5.74) is 2.19. The first kappa shape index (κ1) is 13.0. The molecule has 0 fully saturated rings. The van der Waals surface area contributed by atoms with Gasteiger partial charge in [0.2, 0.25) is 0 Å². The fourth-order valence-corrected chi connectivity index (χ4v) is 1.66.